The molecule has 0 aromatic heterocycles. The first-order valence-electron chi connectivity index (χ1n) is 4.10. The summed E-state index contributed by atoms with van der Waals surface area (Å²) in [7, 11) is 0. The van der Waals surface area contributed by atoms with Crippen LogP contribution in [0.3, 0.4) is 0 Å². The molecule has 2 nitrogen and oxygen atoms in total. The average Bonchev–Trinajstić information content (AvgIpc) is 2.18. The number of nitrogens with zero attached hydrogens (tertiary/aromatic N) is 1. The normalized spacial score (nSPS) is 9.50. The van der Waals surface area contributed by atoms with Crippen LogP contribution in [0.5, 0.6) is 5.75 Å². The lowest BCUT2D eigenvalue weighted by atomic mass is 10.2. The fourth-order valence-corrected chi connectivity index (χ4v) is 1.22. The number of thioether (sulfide) groups is 1. The summed E-state index contributed by atoms with van der Waals surface area (Å²) in [5.74, 6) is 0.609. The maximum atomic E-state index is 13.1. The molecular weight excluding hydrogens is 201 g/mol. The summed E-state index contributed by atoms with van der Waals surface area (Å²) in [5.41, 5.74) is -0.0198. The summed E-state index contributed by atoms with van der Waals surface area (Å²) in [6.07, 6.45) is 1.96. The van der Waals surface area contributed by atoms with E-state index < -0.39 is 5.82 Å². The molecule has 0 N–H and O–H groups in total. The predicted octanol–water partition coefficient (Wildman–Crippen LogP) is 2.44. The monoisotopic (exact) mass is 211 g/mol. The van der Waals surface area contributed by atoms with Gasteiger partial charge in [0.25, 0.3) is 0 Å². The topological polar surface area (TPSA) is 33.0 Å². The standard InChI is InChI=1S/C10H10FNOS/c1-14-6-5-13-10-4-2-3-9(11)8(10)7-12/h2-4H,5-6H2,1H3. The number of benzene rings is 1. The molecule has 0 unspecified atom stereocenters. The minimum absolute atomic E-state index is 0.0198. The molecule has 0 atom stereocenters. The third kappa shape index (κ3) is 2.64. The van der Waals surface area contributed by atoms with Crippen LogP contribution in [-0.4, -0.2) is 18.6 Å². The number of hydrogen-bond donors (Lipinski definition) is 0. The van der Waals surface area contributed by atoms with Crippen molar-refractivity contribution in [1.29, 1.82) is 5.26 Å². The first-order valence-corrected chi connectivity index (χ1v) is 5.49. The van der Waals surface area contributed by atoms with Crippen molar-refractivity contribution in [2.75, 3.05) is 18.6 Å². The second kappa shape index (κ2) is 5.51. The lowest BCUT2D eigenvalue weighted by molar-refractivity contribution is 0.341. The maximum Gasteiger partial charge on any atom is 0.144 e. The van der Waals surface area contributed by atoms with E-state index in [2.05, 4.69) is 0 Å². The van der Waals surface area contributed by atoms with Crippen molar-refractivity contribution < 1.29 is 9.13 Å². The van der Waals surface area contributed by atoms with Crippen LogP contribution in [0.4, 0.5) is 4.39 Å². The molecule has 0 fully saturated rings. The van der Waals surface area contributed by atoms with E-state index in [0.717, 1.165) is 5.75 Å². The Bertz CT molecular complexity index is 348. The van der Waals surface area contributed by atoms with E-state index in [9.17, 15) is 4.39 Å². The Morgan fingerprint density at radius 1 is 1.57 bits per heavy atom. The van der Waals surface area contributed by atoms with Crippen molar-refractivity contribution in [3.63, 3.8) is 0 Å². The van der Waals surface area contributed by atoms with Crippen LogP contribution >= 0.6 is 11.8 Å². The van der Waals surface area contributed by atoms with Gasteiger partial charge in [-0.1, -0.05) is 6.07 Å². The van der Waals surface area contributed by atoms with Gasteiger partial charge in [0.15, 0.2) is 0 Å². The van der Waals surface area contributed by atoms with Crippen molar-refractivity contribution in [2.45, 2.75) is 0 Å². The first-order chi connectivity index (χ1) is 6.79. The molecule has 0 amide bonds. The van der Waals surface area contributed by atoms with E-state index in [-0.39, 0.29) is 5.56 Å². The Morgan fingerprint density at radius 3 is 3.00 bits per heavy atom. The zero-order valence-corrected chi connectivity index (χ0v) is 8.60. The molecule has 0 bridgehead atoms. The van der Waals surface area contributed by atoms with Crippen molar-refractivity contribution in [1.82, 2.24) is 0 Å². The van der Waals surface area contributed by atoms with Gasteiger partial charge in [0, 0.05) is 5.75 Å². The van der Waals surface area contributed by atoms with E-state index >= 15 is 0 Å². The second-order valence-corrected chi connectivity index (χ2v) is 3.55. The van der Waals surface area contributed by atoms with Gasteiger partial charge in [0.2, 0.25) is 0 Å². The molecule has 0 heterocycles. The first kappa shape index (κ1) is 10.9. The van der Waals surface area contributed by atoms with Crippen LogP contribution in [0.2, 0.25) is 0 Å². The fourth-order valence-electron chi connectivity index (χ4n) is 0.968. The summed E-state index contributed by atoms with van der Waals surface area (Å²) in [4.78, 5) is 0. The highest BCUT2D eigenvalue weighted by atomic mass is 32.2. The molecule has 0 aliphatic rings. The molecular formula is C10H10FNOS. The molecule has 1 aromatic carbocycles. The Hall–Kier alpha value is -1.21. The average molecular weight is 211 g/mol. The smallest absolute Gasteiger partial charge is 0.144 e. The van der Waals surface area contributed by atoms with Gasteiger partial charge in [-0.15, -0.1) is 0 Å². The van der Waals surface area contributed by atoms with E-state index in [1.807, 2.05) is 6.26 Å². The third-order valence-electron chi connectivity index (χ3n) is 1.63. The molecule has 14 heavy (non-hydrogen) atoms. The Labute approximate surface area is 86.7 Å². The minimum atomic E-state index is -0.533. The third-order valence-corrected chi connectivity index (χ3v) is 2.21. The van der Waals surface area contributed by atoms with E-state index in [1.54, 1.807) is 23.9 Å². The predicted molar refractivity (Wildman–Crippen MR) is 55.0 cm³/mol. The van der Waals surface area contributed by atoms with Crippen molar-refractivity contribution in [3.05, 3.63) is 29.6 Å². The Kier molecular flexibility index (Phi) is 4.27. The summed E-state index contributed by atoms with van der Waals surface area (Å²) >= 11 is 1.64. The zero-order valence-electron chi connectivity index (χ0n) is 7.79. The van der Waals surface area contributed by atoms with E-state index in [1.165, 1.54) is 12.1 Å². The second-order valence-electron chi connectivity index (χ2n) is 2.57. The molecule has 0 radical (unpaired) electrons. The van der Waals surface area contributed by atoms with Crippen molar-refractivity contribution in [2.24, 2.45) is 0 Å². The maximum absolute atomic E-state index is 13.1. The highest BCUT2D eigenvalue weighted by molar-refractivity contribution is 7.98. The van der Waals surface area contributed by atoms with Crippen LogP contribution in [0, 0.1) is 17.1 Å². The van der Waals surface area contributed by atoms with Crippen LogP contribution in [0.1, 0.15) is 5.56 Å². The summed E-state index contributed by atoms with van der Waals surface area (Å²) < 4.78 is 18.3. The minimum Gasteiger partial charge on any atom is -0.491 e. The fraction of sp³-hybridized carbons (Fsp3) is 0.300. The molecule has 1 rings (SSSR count). The van der Waals surface area contributed by atoms with Gasteiger partial charge in [0.05, 0.1) is 6.61 Å². The summed E-state index contributed by atoms with van der Waals surface area (Å²) in [6, 6.07) is 6.17. The molecule has 74 valence electrons. The molecule has 1 aromatic rings. The van der Waals surface area contributed by atoms with Gasteiger partial charge in [-0.3, -0.25) is 0 Å². The van der Waals surface area contributed by atoms with Crippen LogP contribution in [0.25, 0.3) is 0 Å². The van der Waals surface area contributed by atoms with Crippen LogP contribution in [-0.2, 0) is 0 Å². The summed E-state index contributed by atoms with van der Waals surface area (Å²) in [6.45, 7) is 0.485. The quantitative estimate of drug-likeness (QED) is 0.717. The van der Waals surface area contributed by atoms with Gasteiger partial charge in [-0.25, -0.2) is 4.39 Å². The van der Waals surface area contributed by atoms with Crippen molar-refractivity contribution >= 4 is 11.8 Å². The number of nitriles is 1. The Morgan fingerprint density at radius 2 is 2.36 bits per heavy atom. The zero-order chi connectivity index (χ0) is 10.4. The molecule has 0 aliphatic heterocycles. The molecule has 0 saturated heterocycles. The van der Waals surface area contributed by atoms with E-state index in [0.29, 0.717) is 12.4 Å². The molecule has 0 saturated carbocycles. The molecule has 0 spiro atoms. The van der Waals surface area contributed by atoms with Gasteiger partial charge in [-0.05, 0) is 18.4 Å². The number of halogens is 1. The molecule has 4 heteroatoms. The Balaban J connectivity index is 2.76. The van der Waals surface area contributed by atoms with Gasteiger partial charge < -0.3 is 4.74 Å². The van der Waals surface area contributed by atoms with Gasteiger partial charge in [-0.2, -0.15) is 17.0 Å². The lowest BCUT2D eigenvalue weighted by Crippen LogP contribution is -2.02. The van der Waals surface area contributed by atoms with Crippen LogP contribution < -0.4 is 4.74 Å². The van der Waals surface area contributed by atoms with Crippen molar-refractivity contribution in [3.8, 4) is 11.8 Å². The largest absolute Gasteiger partial charge is 0.491 e. The summed E-state index contributed by atoms with van der Waals surface area (Å²) in [5, 5.41) is 8.68. The highest BCUT2D eigenvalue weighted by Crippen LogP contribution is 2.20. The molecule has 0 aliphatic carbocycles. The van der Waals surface area contributed by atoms with Gasteiger partial charge in [0.1, 0.15) is 23.2 Å². The SMILES string of the molecule is CSCCOc1cccc(F)c1C#N. The lowest BCUT2D eigenvalue weighted by Gasteiger charge is -2.06. The highest BCUT2D eigenvalue weighted by Gasteiger charge is 2.07. The van der Waals surface area contributed by atoms with Gasteiger partial charge >= 0.3 is 0 Å². The van der Waals surface area contributed by atoms with Crippen LogP contribution in [0.15, 0.2) is 18.2 Å². The van der Waals surface area contributed by atoms with E-state index in [4.69, 9.17) is 10.00 Å². The number of hydrogen-bond acceptors (Lipinski definition) is 3. The number of ether oxygens (including phenoxy) is 1. The number of rotatable bonds is 4.